The largest absolute Gasteiger partial charge is 0.378 e. The van der Waals surface area contributed by atoms with Crippen molar-refractivity contribution in [2.45, 2.75) is 82.9 Å². The van der Waals surface area contributed by atoms with Crippen molar-refractivity contribution in [3.63, 3.8) is 0 Å². The monoisotopic (exact) mass is 294 g/mol. The number of ether oxygens (including phenoxy) is 1. The van der Waals surface area contributed by atoms with Crippen LogP contribution in [0.15, 0.2) is 0 Å². The summed E-state index contributed by atoms with van der Waals surface area (Å²) in [5, 5.41) is 3.85. The Kier molecular flexibility index (Phi) is 4.63. The molecule has 3 aliphatic rings. The number of nitrogens with one attached hydrogen (secondary N) is 1. The van der Waals surface area contributed by atoms with E-state index in [0.29, 0.717) is 17.2 Å². The summed E-state index contributed by atoms with van der Waals surface area (Å²) in [5.41, 5.74) is 0.698. The Balaban J connectivity index is 1.57. The van der Waals surface area contributed by atoms with E-state index >= 15 is 0 Å². The molecule has 1 aliphatic carbocycles. The molecule has 1 N–H and O–H groups in total. The lowest BCUT2D eigenvalue weighted by atomic mass is 9.84. The zero-order chi connectivity index (χ0) is 14.9. The van der Waals surface area contributed by atoms with E-state index in [9.17, 15) is 0 Å². The van der Waals surface area contributed by atoms with Gasteiger partial charge in [0.1, 0.15) is 0 Å². The van der Waals surface area contributed by atoms with E-state index in [-0.39, 0.29) is 0 Å². The van der Waals surface area contributed by atoms with E-state index in [1.54, 1.807) is 0 Å². The van der Waals surface area contributed by atoms with Gasteiger partial charge in [0, 0.05) is 30.8 Å². The second kappa shape index (κ2) is 6.17. The zero-order valence-corrected chi connectivity index (χ0v) is 14.3. The van der Waals surface area contributed by atoms with E-state index < -0.39 is 0 Å². The van der Waals surface area contributed by atoms with Crippen LogP contribution in [0.3, 0.4) is 0 Å². The summed E-state index contributed by atoms with van der Waals surface area (Å²) in [5.74, 6) is 0.925. The minimum Gasteiger partial charge on any atom is -0.378 e. The molecule has 3 atom stereocenters. The number of rotatable bonds is 6. The van der Waals surface area contributed by atoms with Gasteiger partial charge in [0.15, 0.2) is 0 Å². The smallest absolute Gasteiger partial charge is 0.0576 e. The van der Waals surface area contributed by atoms with Crippen molar-refractivity contribution in [1.29, 1.82) is 0 Å². The molecule has 0 aromatic heterocycles. The van der Waals surface area contributed by atoms with Crippen molar-refractivity contribution < 1.29 is 4.74 Å². The first-order valence-corrected chi connectivity index (χ1v) is 9.17. The molecule has 3 fully saturated rings. The first kappa shape index (κ1) is 15.8. The molecule has 0 aromatic rings. The summed E-state index contributed by atoms with van der Waals surface area (Å²) in [6, 6.07) is 0. The number of nitrogens with zero attached hydrogens (tertiary/aromatic N) is 1. The number of piperazine rings is 1. The number of hydrogen-bond acceptors (Lipinski definition) is 3. The van der Waals surface area contributed by atoms with Crippen LogP contribution in [0.1, 0.15) is 65.7 Å². The van der Waals surface area contributed by atoms with Gasteiger partial charge in [0.05, 0.1) is 6.10 Å². The van der Waals surface area contributed by atoms with Crippen molar-refractivity contribution in [2.24, 2.45) is 5.92 Å². The van der Waals surface area contributed by atoms with Gasteiger partial charge in [-0.05, 0) is 71.3 Å². The maximum absolute atomic E-state index is 5.79. The fourth-order valence-electron chi connectivity index (χ4n) is 4.22. The Labute approximate surface area is 130 Å². The standard InChI is InChI=1S/C18H34N2O/c1-4-17(2)14-20(11-5-7-16-8-6-12-21-16)18(3,13-19-17)15-9-10-15/h15-16,19H,4-14H2,1-3H3. The van der Waals surface area contributed by atoms with E-state index in [0.717, 1.165) is 12.5 Å². The van der Waals surface area contributed by atoms with Gasteiger partial charge in [-0.25, -0.2) is 0 Å². The molecule has 122 valence electrons. The van der Waals surface area contributed by atoms with Gasteiger partial charge in [-0.15, -0.1) is 0 Å². The second-order valence-electron chi connectivity index (χ2n) is 8.10. The van der Waals surface area contributed by atoms with Gasteiger partial charge in [0.2, 0.25) is 0 Å². The molecular weight excluding hydrogens is 260 g/mol. The topological polar surface area (TPSA) is 24.5 Å². The second-order valence-corrected chi connectivity index (χ2v) is 8.10. The van der Waals surface area contributed by atoms with E-state index in [1.807, 2.05) is 0 Å². The van der Waals surface area contributed by atoms with Crippen molar-refractivity contribution in [3.8, 4) is 0 Å². The summed E-state index contributed by atoms with van der Waals surface area (Å²) >= 11 is 0. The minimum atomic E-state index is 0.304. The van der Waals surface area contributed by atoms with Crippen molar-refractivity contribution in [1.82, 2.24) is 10.2 Å². The lowest BCUT2D eigenvalue weighted by molar-refractivity contribution is 0.000894. The molecule has 0 bridgehead atoms. The van der Waals surface area contributed by atoms with Crippen molar-refractivity contribution in [2.75, 3.05) is 26.2 Å². The lowest BCUT2D eigenvalue weighted by Gasteiger charge is -2.53. The summed E-state index contributed by atoms with van der Waals surface area (Å²) in [6.07, 6.45) is 9.75. The van der Waals surface area contributed by atoms with Crippen LogP contribution in [0.25, 0.3) is 0 Å². The molecule has 3 heteroatoms. The molecule has 2 heterocycles. The van der Waals surface area contributed by atoms with E-state index in [4.69, 9.17) is 4.74 Å². The van der Waals surface area contributed by atoms with E-state index in [2.05, 4.69) is 31.0 Å². The third kappa shape index (κ3) is 3.46. The minimum absolute atomic E-state index is 0.304. The van der Waals surface area contributed by atoms with Gasteiger partial charge in [-0.3, -0.25) is 4.90 Å². The normalized spacial score (nSPS) is 41.6. The Morgan fingerprint density at radius 3 is 2.67 bits per heavy atom. The predicted octanol–water partition coefficient (Wildman–Crippen LogP) is 3.19. The third-order valence-electron chi connectivity index (χ3n) is 6.35. The third-order valence-corrected chi connectivity index (χ3v) is 6.35. The van der Waals surface area contributed by atoms with E-state index in [1.165, 1.54) is 64.6 Å². The Morgan fingerprint density at radius 2 is 2.05 bits per heavy atom. The molecule has 21 heavy (non-hydrogen) atoms. The molecule has 3 rings (SSSR count). The Hall–Kier alpha value is -0.120. The highest BCUT2D eigenvalue weighted by Gasteiger charge is 2.50. The highest BCUT2D eigenvalue weighted by atomic mass is 16.5. The van der Waals surface area contributed by atoms with Gasteiger partial charge in [0.25, 0.3) is 0 Å². The Morgan fingerprint density at radius 1 is 1.24 bits per heavy atom. The van der Waals surface area contributed by atoms with Crippen molar-refractivity contribution in [3.05, 3.63) is 0 Å². The van der Waals surface area contributed by atoms with Crippen LogP contribution in [-0.4, -0.2) is 48.3 Å². The average Bonchev–Trinajstić information content (AvgIpc) is 3.22. The van der Waals surface area contributed by atoms with Crippen LogP contribution in [-0.2, 0) is 4.74 Å². The first-order chi connectivity index (χ1) is 10.1. The molecule has 0 amide bonds. The van der Waals surface area contributed by atoms with Gasteiger partial charge < -0.3 is 10.1 Å². The van der Waals surface area contributed by atoms with Crippen LogP contribution in [0.5, 0.6) is 0 Å². The summed E-state index contributed by atoms with van der Waals surface area (Å²) < 4.78 is 5.79. The molecule has 3 nitrogen and oxygen atoms in total. The highest BCUT2D eigenvalue weighted by molar-refractivity contribution is 5.07. The number of hydrogen-bond donors (Lipinski definition) is 1. The fraction of sp³-hybridized carbons (Fsp3) is 1.00. The van der Waals surface area contributed by atoms with Gasteiger partial charge in [-0.1, -0.05) is 6.92 Å². The highest BCUT2D eigenvalue weighted by Crippen LogP contribution is 2.45. The quantitative estimate of drug-likeness (QED) is 0.814. The predicted molar refractivity (Wildman–Crippen MR) is 87.6 cm³/mol. The van der Waals surface area contributed by atoms with Crippen LogP contribution >= 0.6 is 0 Å². The summed E-state index contributed by atoms with van der Waals surface area (Å²) in [4.78, 5) is 2.82. The Bertz CT molecular complexity index is 351. The molecule has 2 saturated heterocycles. The van der Waals surface area contributed by atoms with Crippen LogP contribution in [0.2, 0.25) is 0 Å². The van der Waals surface area contributed by atoms with Gasteiger partial charge >= 0.3 is 0 Å². The molecule has 2 aliphatic heterocycles. The molecule has 0 spiro atoms. The average molecular weight is 294 g/mol. The van der Waals surface area contributed by atoms with Crippen LogP contribution < -0.4 is 5.32 Å². The fourth-order valence-corrected chi connectivity index (χ4v) is 4.22. The summed E-state index contributed by atoms with van der Waals surface area (Å²) in [6.45, 7) is 11.8. The van der Waals surface area contributed by atoms with Gasteiger partial charge in [-0.2, -0.15) is 0 Å². The zero-order valence-electron chi connectivity index (χ0n) is 14.3. The SMILES string of the molecule is CCC1(C)CN(CCCC2CCCO2)C(C)(C2CC2)CN1. The first-order valence-electron chi connectivity index (χ1n) is 9.17. The van der Waals surface area contributed by atoms with Crippen molar-refractivity contribution >= 4 is 0 Å². The molecule has 1 saturated carbocycles. The summed E-state index contributed by atoms with van der Waals surface area (Å²) in [7, 11) is 0. The molecule has 0 aromatic carbocycles. The maximum atomic E-state index is 5.79. The molecule has 0 radical (unpaired) electrons. The lowest BCUT2D eigenvalue weighted by Crippen LogP contribution is -2.68. The van der Waals surface area contributed by atoms with Crippen LogP contribution in [0, 0.1) is 5.92 Å². The molecule has 3 unspecified atom stereocenters. The molecular formula is C18H34N2O. The van der Waals surface area contributed by atoms with Crippen LogP contribution in [0.4, 0.5) is 0 Å². The maximum Gasteiger partial charge on any atom is 0.0576 e.